The van der Waals surface area contributed by atoms with Gasteiger partial charge in [0.2, 0.25) is 5.91 Å². The van der Waals surface area contributed by atoms with E-state index in [-0.39, 0.29) is 5.91 Å². The van der Waals surface area contributed by atoms with Gasteiger partial charge in [0.1, 0.15) is 0 Å². The fourth-order valence-corrected chi connectivity index (χ4v) is 1.19. The monoisotopic (exact) mass is 201 g/mol. The zero-order chi connectivity index (χ0) is 11.0. The highest BCUT2D eigenvalue weighted by Gasteiger charge is 2.06. The van der Waals surface area contributed by atoms with Crippen LogP contribution in [0, 0.1) is 0 Å². The first-order chi connectivity index (χ1) is 6.57. The van der Waals surface area contributed by atoms with Crippen molar-refractivity contribution in [1.82, 2.24) is 9.80 Å². The minimum absolute atomic E-state index is 0.203. The third kappa shape index (κ3) is 6.86. The summed E-state index contributed by atoms with van der Waals surface area (Å²) in [5, 5.41) is 0. The molecule has 0 saturated carbocycles. The molecule has 4 nitrogen and oxygen atoms in total. The molecule has 0 aromatic heterocycles. The van der Waals surface area contributed by atoms with Crippen LogP contribution >= 0.6 is 0 Å². The Balaban J connectivity index is 3.51. The number of nitrogens with two attached hydrogens (primary N) is 1. The van der Waals surface area contributed by atoms with Crippen LogP contribution in [0.4, 0.5) is 0 Å². The van der Waals surface area contributed by atoms with Crippen molar-refractivity contribution in [3.63, 3.8) is 0 Å². The lowest BCUT2D eigenvalue weighted by Crippen LogP contribution is -2.29. The number of hydrogen-bond acceptors (Lipinski definition) is 3. The SMILES string of the molecule is CN(C)CCCN(C)C(=O)CCCN. The Labute approximate surface area is 87.0 Å². The molecule has 0 aliphatic rings. The molecule has 2 N–H and O–H groups in total. The highest BCUT2D eigenvalue weighted by atomic mass is 16.2. The molecular formula is C10H23N3O. The first-order valence-corrected chi connectivity index (χ1v) is 5.16. The summed E-state index contributed by atoms with van der Waals surface area (Å²) in [7, 11) is 5.93. The third-order valence-electron chi connectivity index (χ3n) is 2.12. The van der Waals surface area contributed by atoms with Crippen LogP contribution in [0.25, 0.3) is 0 Å². The molecule has 0 atom stereocenters. The van der Waals surface area contributed by atoms with Gasteiger partial charge in [-0.05, 0) is 40.0 Å². The van der Waals surface area contributed by atoms with Gasteiger partial charge < -0.3 is 15.5 Å². The number of carbonyl (C=O) groups is 1. The Morgan fingerprint density at radius 3 is 2.29 bits per heavy atom. The molecule has 0 radical (unpaired) electrons. The molecule has 0 heterocycles. The second-order valence-corrected chi connectivity index (χ2v) is 3.86. The number of hydrogen-bond donors (Lipinski definition) is 1. The molecule has 84 valence electrons. The van der Waals surface area contributed by atoms with E-state index in [0.29, 0.717) is 13.0 Å². The Kier molecular flexibility index (Phi) is 7.42. The van der Waals surface area contributed by atoms with Gasteiger partial charge in [0.05, 0.1) is 0 Å². The van der Waals surface area contributed by atoms with E-state index >= 15 is 0 Å². The van der Waals surface area contributed by atoms with Crippen LogP contribution in [-0.2, 0) is 4.79 Å². The van der Waals surface area contributed by atoms with Crippen molar-refractivity contribution < 1.29 is 4.79 Å². The van der Waals surface area contributed by atoms with E-state index < -0.39 is 0 Å². The summed E-state index contributed by atoms with van der Waals surface area (Å²) in [6.07, 6.45) is 2.39. The van der Waals surface area contributed by atoms with E-state index in [9.17, 15) is 4.79 Å². The van der Waals surface area contributed by atoms with Gasteiger partial charge in [-0.25, -0.2) is 0 Å². The second-order valence-electron chi connectivity index (χ2n) is 3.86. The zero-order valence-corrected chi connectivity index (χ0v) is 9.62. The molecule has 14 heavy (non-hydrogen) atoms. The largest absolute Gasteiger partial charge is 0.346 e. The second kappa shape index (κ2) is 7.76. The smallest absolute Gasteiger partial charge is 0.222 e. The number of carbonyl (C=O) groups excluding carboxylic acids is 1. The fourth-order valence-electron chi connectivity index (χ4n) is 1.19. The van der Waals surface area contributed by atoms with Gasteiger partial charge in [0.25, 0.3) is 0 Å². The maximum Gasteiger partial charge on any atom is 0.222 e. The van der Waals surface area contributed by atoms with Crippen LogP contribution in [0.15, 0.2) is 0 Å². The van der Waals surface area contributed by atoms with E-state index in [0.717, 1.165) is 25.9 Å². The average Bonchev–Trinajstić information content (AvgIpc) is 2.13. The first-order valence-electron chi connectivity index (χ1n) is 5.16. The van der Waals surface area contributed by atoms with Crippen molar-refractivity contribution in [3.8, 4) is 0 Å². The first kappa shape index (κ1) is 13.4. The zero-order valence-electron chi connectivity index (χ0n) is 9.62. The molecule has 4 heteroatoms. The molecule has 0 fully saturated rings. The molecule has 0 rings (SSSR count). The molecule has 1 amide bonds. The lowest BCUT2D eigenvalue weighted by atomic mass is 10.2. The Bertz CT molecular complexity index is 159. The normalized spacial score (nSPS) is 10.6. The highest BCUT2D eigenvalue weighted by Crippen LogP contribution is 1.96. The highest BCUT2D eigenvalue weighted by molar-refractivity contribution is 5.75. The number of rotatable bonds is 7. The molecule has 0 aromatic carbocycles. The van der Waals surface area contributed by atoms with Crippen molar-refractivity contribution in [2.75, 3.05) is 40.8 Å². The predicted molar refractivity (Wildman–Crippen MR) is 59.1 cm³/mol. The van der Waals surface area contributed by atoms with Crippen molar-refractivity contribution in [2.24, 2.45) is 5.73 Å². The van der Waals surface area contributed by atoms with E-state index in [1.165, 1.54) is 0 Å². The topological polar surface area (TPSA) is 49.6 Å². The third-order valence-corrected chi connectivity index (χ3v) is 2.12. The van der Waals surface area contributed by atoms with Crippen LogP contribution in [0.2, 0.25) is 0 Å². The molecule has 0 aliphatic carbocycles. The Hall–Kier alpha value is -0.610. The summed E-state index contributed by atoms with van der Waals surface area (Å²) in [4.78, 5) is 15.3. The van der Waals surface area contributed by atoms with Gasteiger partial charge in [-0.2, -0.15) is 0 Å². The van der Waals surface area contributed by atoms with E-state index in [1.807, 2.05) is 21.1 Å². The quantitative estimate of drug-likeness (QED) is 0.637. The maximum atomic E-state index is 11.4. The Morgan fingerprint density at radius 2 is 1.79 bits per heavy atom. The minimum atomic E-state index is 0.203. The van der Waals surface area contributed by atoms with Gasteiger partial charge in [0.15, 0.2) is 0 Å². The molecule has 0 saturated heterocycles. The molecular weight excluding hydrogens is 178 g/mol. The molecule has 0 aliphatic heterocycles. The summed E-state index contributed by atoms with van der Waals surface area (Å²) in [6, 6.07) is 0. The lowest BCUT2D eigenvalue weighted by Gasteiger charge is -2.18. The van der Waals surface area contributed by atoms with Crippen molar-refractivity contribution in [2.45, 2.75) is 19.3 Å². The van der Waals surface area contributed by atoms with Crippen LogP contribution in [0.3, 0.4) is 0 Å². The fraction of sp³-hybridized carbons (Fsp3) is 0.900. The summed E-state index contributed by atoms with van der Waals surface area (Å²) < 4.78 is 0. The van der Waals surface area contributed by atoms with E-state index in [2.05, 4.69) is 4.90 Å². The summed E-state index contributed by atoms with van der Waals surface area (Å²) >= 11 is 0. The van der Waals surface area contributed by atoms with Gasteiger partial charge in [0, 0.05) is 20.0 Å². The van der Waals surface area contributed by atoms with Crippen LogP contribution < -0.4 is 5.73 Å². The maximum absolute atomic E-state index is 11.4. The number of nitrogens with zero attached hydrogens (tertiary/aromatic N) is 2. The summed E-state index contributed by atoms with van der Waals surface area (Å²) in [5.41, 5.74) is 5.34. The van der Waals surface area contributed by atoms with E-state index in [4.69, 9.17) is 5.73 Å². The minimum Gasteiger partial charge on any atom is -0.346 e. The van der Waals surface area contributed by atoms with Gasteiger partial charge in [-0.3, -0.25) is 4.79 Å². The summed E-state index contributed by atoms with van der Waals surface area (Å²) in [6.45, 7) is 2.45. The van der Waals surface area contributed by atoms with Crippen LogP contribution in [0.1, 0.15) is 19.3 Å². The standard InChI is InChI=1S/C10H23N3O/c1-12(2)8-5-9-13(3)10(14)6-4-7-11/h4-9,11H2,1-3H3. The molecule has 0 unspecified atom stereocenters. The summed E-state index contributed by atoms with van der Waals surface area (Å²) in [5.74, 6) is 0.203. The van der Waals surface area contributed by atoms with E-state index in [1.54, 1.807) is 4.90 Å². The predicted octanol–water partition coefficient (Wildman–Crippen LogP) is 0.135. The van der Waals surface area contributed by atoms with Gasteiger partial charge >= 0.3 is 0 Å². The molecule has 0 bridgehead atoms. The van der Waals surface area contributed by atoms with Crippen LogP contribution in [0.5, 0.6) is 0 Å². The Morgan fingerprint density at radius 1 is 1.14 bits per heavy atom. The van der Waals surface area contributed by atoms with Gasteiger partial charge in [-0.15, -0.1) is 0 Å². The molecule has 0 aromatic rings. The average molecular weight is 201 g/mol. The molecule has 0 spiro atoms. The van der Waals surface area contributed by atoms with Crippen molar-refractivity contribution in [3.05, 3.63) is 0 Å². The lowest BCUT2D eigenvalue weighted by molar-refractivity contribution is -0.130. The van der Waals surface area contributed by atoms with Crippen molar-refractivity contribution >= 4 is 5.91 Å². The van der Waals surface area contributed by atoms with Gasteiger partial charge in [-0.1, -0.05) is 0 Å². The van der Waals surface area contributed by atoms with Crippen molar-refractivity contribution in [1.29, 1.82) is 0 Å². The number of amides is 1. The van der Waals surface area contributed by atoms with Crippen LogP contribution in [-0.4, -0.2) is 56.5 Å².